The lowest BCUT2D eigenvalue weighted by Crippen LogP contribution is -2.23. The van der Waals surface area contributed by atoms with Crippen molar-refractivity contribution in [1.82, 2.24) is 5.32 Å². The van der Waals surface area contributed by atoms with Gasteiger partial charge in [-0.1, -0.05) is 6.08 Å². The molecule has 0 heterocycles. The molecule has 1 aromatic rings. The van der Waals surface area contributed by atoms with Gasteiger partial charge in [0.05, 0.1) is 0 Å². The van der Waals surface area contributed by atoms with Gasteiger partial charge in [0.25, 0.3) is 5.91 Å². The summed E-state index contributed by atoms with van der Waals surface area (Å²) in [6.07, 6.45) is 1.57. The number of carbonyl (C=O) groups excluding carboxylic acids is 2. The molecule has 2 amide bonds. The van der Waals surface area contributed by atoms with Gasteiger partial charge in [0.15, 0.2) is 0 Å². The van der Waals surface area contributed by atoms with Gasteiger partial charge in [-0.3, -0.25) is 9.59 Å². The van der Waals surface area contributed by atoms with Crippen molar-refractivity contribution < 1.29 is 24.2 Å². The van der Waals surface area contributed by atoms with E-state index < -0.39 is 18.5 Å². The zero-order valence-corrected chi connectivity index (χ0v) is 11.3. The van der Waals surface area contributed by atoms with Crippen LogP contribution in [0.2, 0.25) is 0 Å². The van der Waals surface area contributed by atoms with Gasteiger partial charge in [-0.15, -0.1) is 6.58 Å². The highest BCUT2D eigenvalue weighted by Crippen LogP contribution is 2.09. The third-order valence-electron chi connectivity index (χ3n) is 2.30. The Morgan fingerprint density at radius 2 is 1.86 bits per heavy atom. The number of rotatable bonds is 8. The minimum absolute atomic E-state index is 0.238. The number of benzene rings is 1. The van der Waals surface area contributed by atoms with Crippen molar-refractivity contribution in [1.29, 1.82) is 0 Å². The second-order valence-corrected chi connectivity index (χ2v) is 4.01. The molecule has 0 fully saturated rings. The van der Waals surface area contributed by atoms with Gasteiger partial charge in [0.1, 0.15) is 13.2 Å². The van der Waals surface area contributed by atoms with Gasteiger partial charge in [-0.05, 0) is 24.3 Å². The van der Waals surface area contributed by atoms with E-state index in [0.29, 0.717) is 17.8 Å². The molecule has 0 unspecified atom stereocenters. The number of carboxylic acids is 1. The fraction of sp³-hybridized carbons (Fsp3) is 0.214. The van der Waals surface area contributed by atoms with Crippen LogP contribution in [0.1, 0.15) is 10.4 Å². The molecule has 7 heteroatoms. The molecule has 21 heavy (non-hydrogen) atoms. The normalized spacial score (nSPS) is 9.71. The Morgan fingerprint density at radius 1 is 1.19 bits per heavy atom. The molecule has 0 atom stereocenters. The summed E-state index contributed by atoms with van der Waals surface area (Å²) < 4.78 is 4.65. The predicted molar refractivity (Wildman–Crippen MR) is 76.1 cm³/mol. The van der Waals surface area contributed by atoms with E-state index in [4.69, 9.17) is 5.11 Å². The van der Waals surface area contributed by atoms with Crippen molar-refractivity contribution in [3.05, 3.63) is 42.5 Å². The molecule has 0 saturated carbocycles. The first kappa shape index (κ1) is 16.4. The molecule has 1 aromatic carbocycles. The van der Waals surface area contributed by atoms with Gasteiger partial charge in [0.2, 0.25) is 5.91 Å². The summed E-state index contributed by atoms with van der Waals surface area (Å²) in [5.41, 5.74) is 0.941. The summed E-state index contributed by atoms with van der Waals surface area (Å²) in [5, 5.41) is 13.5. The number of anilines is 1. The minimum atomic E-state index is -1.14. The number of nitrogens with one attached hydrogen (secondary N) is 2. The predicted octanol–water partition coefficient (Wildman–Crippen LogP) is 0.642. The molecule has 0 aliphatic rings. The van der Waals surface area contributed by atoms with Gasteiger partial charge >= 0.3 is 5.97 Å². The molecule has 0 aliphatic heterocycles. The summed E-state index contributed by atoms with van der Waals surface area (Å²) in [7, 11) is 0. The standard InChI is InChI=1S/C14H16N2O5/c1-2-7-15-14(20)10-3-5-11(6-4-10)16-12(17)8-21-9-13(18)19/h2-6H,1,7-9H2,(H,15,20)(H,16,17)(H,18,19). The molecule has 0 spiro atoms. The van der Waals surface area contributed by atoms with Crippen LogP contribution in [-0.4, -0.2) is 42.6 Å². The fourth-order valence-corrected chi connectivity index (χ4v) is 1.40. The highest BCUT2D eigenvalue weighted by Gasteiger charge is 2.06. The number of hydrogen-bond acceptors (Lipinski definition) is 4. The topological polar surface area (TPSA) is 105 Å². The fourth-order valence-electron chi connectivity index (χ4n) is 1.40. The summed E-state index contributed by atoms with van der Waals surface area (Å²) in [6.45, 7) is 2.99. The Labute approximate surface area is 121 Å². The van der Waals surface area contributed by atoms with Gasteiger partial charge in [-0.2, -0.15) is 0 Å². The number of hydrogen-bond donors (Lipinski definition) is 3. The van der Waals surface area contributed by atoms with Crippen molar-refractivity contribution in [3.8, 4) is 0 Å². The third kappa shape index (κ3) is 6.35. The molecule has 7 nitrogen and oxygen atoms in total. The third-order valence-corrected chi connectivity index (χ3v) is 2.30. The number of carboxylic acid groups (broad SMARTS) is 1. The Hall–Kier alpha value is -2.67. The average Bonchev–Trinajstić information content (AvgIpc) is 2.45. The Morgan fingerprint density at radius 3 is 2.43 bits per heavy atom. The highest BCUT2D eigenvalue weighted by molar-refractivity contribution is 5.96. The van der Waals surface area contributed by atoms with Crippen molar-refractivity contribution >= 4 is 23.5 Å². The first-order valence-corrected chi connectivity index (χ1v) is 6.11. The average molecular weight is 292 g/mol. The lowest BCUT2D eigenvalue weighted by molar-refractivity contribution is -0.143. The van der Waals surface area contributed by atoms with Gasteiger partial charge in [0, 0.05) is 17.8 Å². The maximum atomic E-state index is 11.6. The van der Waals surface area contributed by atoms with Crippen LogP contribution >= 0.6 is 0 Å². The van der Waals surface area contributed by atoms with Gasteiger partial charge < -0.3 is 20.5 Å². The minimum Gasteiger partial charge on any atom is -0.480 e. The largest absolute Gasteiger partial charge is 0.480 e. The van der Waals surface area contributed by atoms with E-state index in [-0.39, 0.29) is 12.5 Å². The van der Waals surface area contributed by atoms with Crippen LogP contribution in [0, 0.1) is 0 Å². The maximum absolute atomic E-state index is 11.6. The molecule has 1 rings (SSSR count). The van der Waals surface area contributed by atoms with E-state index in [1.54, 1.807) is 30.3 Å². The van der Waals surface area contributed by atoms with Crippen molar-refractivity contribution in [2.75, 3.05) is 25.1 Å². The molecule has 3 N–H and O–H groups in total. The first-order valence-electron chi connectivity index (χ1n) is 6.11. The van der Waals surface area contributed by atoms with Gasteiger partial charge in [-0.25, -0.2) is 4.79 Å². The quantitative estimate of drug-likeness (QED) is 0.610. The van der Waals surface area contributed by atoms with Crippen molar-refractivity contribution in [2.24, 2.45) is 0 Å². The molecule has 0 aromatic heterocycles. The second kappa shape index (κ2) is 8.49. The summed E-state index contributed by atoms with van der Waals surface area (Å²) in [6, 6.07) is 6.26. The smallest absolute Gasteiger partial charge is 0.329 e. The Kier molecular flexibility index (Phi) is 6.62. The SMILES string of the molecule is C=CCNC(=O)c1ccc(NC(=O)COCC(=O)O)cc1. The van der Waals surface area contributed by atoms with Crippen LogP contribution < -0.4 is 10.6 Å². The monoisotopic (exact) mass is 292 g/mol. The lowest BCUT2D eigenvalue weighted by atomic mass is 10.2. The van der Waals surface area contributed by atoms with E-state index in [2.05, 4.69) is 21.9 Å². The summed E-state index contributed by atoms with van der Waals surface area (Å²) >= 11 is 0. The van der Waals surface area contributed by atoms with Crippen molar-refractivity contribution in [2.45, 2.75) is 0 Å². The molecular formula is C14H16N2O5. The number of ether oxygens (including phenoxy) is 1. The van der Waals surface area contributed by atoms with Crippen molar-refractivity contribution in [3.63, 3.8) is 0 Å². The van der Waals surface area contributed by atoms with E-state index in [1.165, 1.54) is 0 Å². The highest BCUT2D eigenvalue weighted by atomic mass is 16.5. The molecule has 0 bridgehead atoms. The number of aliphatic carboxylic acids is 1. The van der Waals surface area contributed by atoms with E-state index in [0.717, 1.165) is 0 Å². The molecule has 0 aliphatic carbocycles. The molecule has 0 saturated heterocycles. The lowest BCUT2D eigenvalue weighted by Gasteiger charge is -2.06. The van der Waals surface area contributed by atoms with Crippen LogP contribution in [0.5, 0.6) is 0 Å². The van der Waals surface area contributed by atoms with Crippen LogP contribution in [-0.2, 0) is 14.3 Å². The Bertz CT molecular complexity index is 525. The zero-order valence-electron chi connectivity index (χ0n) is 11.3. The van der Waals surface area contributed by atoms with E-state index >= 15 is 0 Å². The van der Waals surface area contributed by atoms with Crippen LogP contribution in [0.15, 0.2) is 36.9 Å². The summed E-state index contributed by atoms with van der Waals surface area (Å²) in [5.74, 6) is -1.85. The van der Waals surface area contributed by atoms with Crippen LogP contribution in [0.4, 0.5) is 5.69 Å². The number of amides is 2. The molecule has 112 valence electrons. The maximum Gasteiger partial charge on any atom is 0.329 e. The van der Waals surface area contributed by atoms with Crippen LogP contribution in [0.25, 0.3) is 0 Å². The second-order valence-electron chi connectivity index (χ2n) is 4.01. The first-order chi connectivity index (χ1) is 10.0. The van der Waals surface area contributed by atoms with E-state index in [1.807, 2.05) is 0 Å². The van der Waals surface area contributed by atoms with E-state index in [9.17, 15) is 14.4 Å². The summed E-state index contributed by atoms with van der Waals surface area (Å²) in [4.78, 5) is 33.3. The zero-order chi connectivity index (χ0) is 15.7. The number of carbonyl (C=O) groups is 3. The molecular weight excluding hydrogens is 276 g/mol. The van der Waals surface area contributed by atoms with Crippen LogP contribution in [0.3, 0.4) is 0 Å². The Balaban J connectivity index is 2.46. The molecule has 0 radical (unpaired) electrons.